The van der Waals surface area contributed by atoms with E-state index in [2.05, 4.69) is 57.8 Å². The van der Waals surface area contributed by atoms with Gasteiger partial charge >= 0.3 is 6.18 Å². The summed E-state index contributed by atoms with van der Waals surface area (Å²) in [5.41, 5.74) is 0.753. The molecule has 1 fully saturated rings. The first-order valence-corrected chi connectivity index (χ1v) is 13.3. The van der Waals surface area contributed by atoms with E-state index in [1.807, 2.05) is 0 Å². The Morgan fingerprint density at radius 3 is 2.52 bits per heavy atom. The third-order valence-corrected chi connectivity index (χ3v) is 7.28. The molecule has 4 aromatic rings. The monoisotopic (exact) mass is 582 g/mol. The van der Waals surface area contributed by atoms with E-state index in [0.717, 1.165) is 4.68 Å². The summed E-state index contributed by atoms with van der Waals surface area (Å²) in [5, 5.41) is 25.1. The maximum atomic E-state index is 13.9. The Labute approximate surface area is 239 Å². The second-order valence-electron chi connectivity index (χ2n) is 11.7. The zero-order valence-corrected chi connectivity index (χ0v) is 23.8. The summed E-state index contributed by atoms with van der Waals surface area (Å²) in [6.45, 7) is 8.35. The summed E-state index contributed by atoms with van der Waals surface area (Å²) in [5.74, 6) is -0.284. The number of aryl methyl sites for hydroxylation is 1. The smallest absolute Gasteiger partial charge is 0.413 e. The number of aromatic nitrogens is 5. The van der Waals surface area contributed by atoms with Gasteiger partial charge in [-0.25, -0.2) is 9.67 Å². The summed E-state index contributed by atoms with van der Waals surface area (Å²) >= 11 is 0. The summed E-state index contributed by atoms with van der Waals surface area (Å²) in [4.78, 5) is 8.36. The molecule has 0 bridgehead atoms. The molecule has 5 rings (SSSR count). The number of anilines is 2. The van der Waals surface area contributed by atoms with Gasteiger partial charge in [0.25, 0.3) is 0 Å². The van der Waals surface area contributed by atoms with Crippen LogP contribution in [0, 0.1) is 29.6 Å². The molecule has 1 saturated carbocycles. The first kappa shape index (κ1) is 29.0. The van der Waals surface area contributed by atoms with Crippen LogP contribution in [-0.4, -0.2) is 44.8 Å². The fourth-order valence-corrected chi connectivity index (χ4v) is 4.84. The normalized spacial score (nSPS) is 15.2. The molecular weight excluding hydrogens is 552 g/mol. The number of nitrogens with zero attached hydrogens (tertiary/aromatic N) is 6. The molecule has 13 heteroatoms. The van der Waals surface area contributed by atoms with Crippen molar-refractivity contribution in [2.45, 2.75) is 58.3 Å². The fraction of sp³-hybridized carbons (Fsp3) is 0.414. The Kier molecular flexibility index (Phi) is 7.20. The SMILES string of the molecule is COc1cc(N[C@H](c2cn(C3(C(F)(F)F)CC3)nn2)c2ccc(F)nc2C)cc2c(NCC(C)(C)C)c(C#N)cnc12. The first-order valence-electron chi connectivity index (χ1n) is 13.3. The van der Waals surface area contributed by atoms with Crippen LogP contribution in [-0.2, 0) is 5.54 Å². The lowest BCUT2D eigenvalue weighted by Crippen LogP contribution is -2.35. The van der Waals surface area contributed by atoms with Gasteiger partial charge in [-0.3, -0.25) is 4.98 Å². The minimum absolute atomic E-state index is 0.0883. The number of halogens is 4. The van der Waals surface area contributed by atoms with Gasteiger partial charge in [0, 0.05) is 41.1 Å². The number of fused-ring (bicyclic) bond motifs is 1. The van der Waals surface area contributed by atoms with Crippen LogP contribution in [0.1, 0.15) is 62.2 Å². The van der Waals surface area contributed by atoms with Crippen LogP contribution in [0.15, 0.2) is 36.7 Å². The van der Waals surface area contributed by atoms with E-state index in [-0.39, 0.29) is 24.0 Å². The average Bonchev–Trinajstić information content (AvgIpc) is 3.61. The lowest BCUT2D eigenvalue weighted by molar-refractivity contribution is -0.182. The van der Waals surface area contributed by atoms with E-state index in [9.17, 15) is 22.8 Å². The second-order valence-corrected chi connectivity index (χ2v) is 11.7. The number of pyridine rings is 2. The number of alkyl halides is 3. The van der Waals surface area contributed by atoms with Gasteiger partial charge in [-0.15, -0.1) is 5.10 Å². The van der Waals surface area contributed by atoms with Crippen molar-refractivity contribution in [1.82, 2.24) is 25.0 Å². The van der Waals surface area contributed by atoms with Crippen LogP contribution in [0.3, 0.4) is 0 Å². The van der Waals surface area contributed by atoms with Gasteiger partial charge in [0.15, 0.2) is 5.54 Å². The third-order valence-electron chi connectivity index (χ3n) is 7.28. The molecule has 0 aliphatic heterocycles. The lowest BCUT2D eigenvalue weighted by atomic mass is 9.96. The number of nitrogens with one attached hydrogen (secondary N) is 2. The molecule has 1 aromatic carbocycles. The number of nitriles is 1. The van der Waals surface area contributed by atoms with Crippen LogP contribution in [0.25, 0.3) is 10.9 Å². The number of rotatable bonds is 8. The molecule has 1 aliphatic carbocycles. The van der Waals surface area contributed by atoms with Crippen LogP contribution < -0.4 is 15.4 Å². The molecule has 9 nitrogen and oxygen atoms in total. The van der Waals surface area contributed by atoms with Crippen molar-refractivity contribution in [2.24, 2.45) is 5.41 Å². The molecule has 2 N–H and O–H groups in total. The third kappa shape index (κ3) is 5.41. The topological polar surface area (TPSA) is 114 Å². The summed E-state index contributed by atoms with van der Waals surface area (Å²) in [6.07, 6.45) is -1.91. The van der Waals surface area contributed by atoms with Crippen molar-refractivity contribution in [3.8, 4) is 11.8 Å². The molecule has 3 aromatic heterocycles. The maximum absolute atomic E-state index is 13.9. The lowest BCUT2D eigenvalue weighted by Gasteiger charge is -2.23. The molecule has 3 heterocycles. The molecule has 0 saturated heterocycles. The van der Waals surface area contributed by atoms with Gasteiger partial charge in [-0.05, 0) is 37.3 Å². The Morgan fingerprint density at radius 1 is 1.19 bits per heavy atom. The largest absolute Gasteiger partial charge is 0.494 e. The number of ether oxygens (including phenoxy) is 1. The van der Waals surface area contributed by atoms with Gasteiger partial charge in [-0.1, -0.05) is 32.1 Å². The Morgan fingerprint density at radius 2 is 1.93 bits per heavy atom. The number of methoxy groups -OCH3 is 1. The Hall–Kier alpha value is -4.47. The minimum atomic E-state index is -4.48. The van der Waals surface area contributed by atoms with E-state index in [1.54, 1.807) is 19.1 Å². The van der Waals surface area contributed by atoms with Crippen LogP contribution in [0.4, 0.5) is 28.9 Å². The van der Waals surface area contributed by atoms with Crippen molar-refractivity contribution in [3.63, 3.8) is 0 Å². The molecule has 0 radical (unpaired) electrons. The van der Waals surface area contributed by atoms with Crippen LogP contribution in [0.5, 0.6) is 5.75 Å². The molecule has 1 atom stereocenters. The average molecular weight is 583 g/mol. The van der Waals surface area contributed by atoms with E-state index in [1.165, 1.54) is 31.6 Å². The zero-order valence-electron chi connectivity index (χ0n) is 23.8. The summed E-state index contributed by atoms with van der Waals surface area (Å²) < 4.78 is 61.9. The molecule has 1 aliphatic rings. The molecule has 0 spiro atoms. The van der Waals surface area contributed by atoms with E-state index in [4.69, 9.17) is 4.74 Å². The van der Waals surface area contributed by atoms with Gasteiger partial charge in [0.2, 0.25) is 5.95 Å². The predicted molar refractivity (Wildman–Crippen MR) is 149 cm³/mol. The Bertz CT molecular complexity index is 1680. The maximum Gasteiger partial charge on any atom is 0.413 e. The predicted octanol–water partition coefficient (Wildman–Crippen LogP) is 6.26. The highest BCUT2D eigenvalue weighted by molar-refractivity contribution is 5.99. The number of benzene rings is 1. The van der Waals surface area contributed by atoms with Crippen molar-refractivity contribution in [3.05, 3.63) is 65.1 Å². The minimum Gasteiger partial charge on any atom is -0.494 e. The van der Waals surface area contributed by atoms with Crippen molar-refractivity contribution in [2.75, 3.05) is 24.3 Å². The van der Waals surface area contributed by atoms with Crippen molar-refractivity contribution < 1.29 is 22.3 Å². The zero-order chi connectivity index (χ0) is 30.4. The molecule has 0 unspecified atom stereocenters. The fourth-order valence-electron chi connectivity index (χ4n) is 4.84. The first-order chi connectivity index (χ1) is 19.8. The van der Waals surface area contributed by atoms with Crippen molar-refractivity contribution in [1.29, 1.82) is 5.26 Å². The standard InChI is InChI=1S/C29H30F4N8O/c1-16-19(6-7-23(30)37-16)25(21-14-41(40-39-21)28(8-9-28)29(31,32)33)38-18-10-20-24(36-15-27(2,3)4)17(12-34)13-35-26(20)22(11-18)42-5/h6-7,10-11,13-14,25,38H,8-9,15H2,1-5H3,(H,35,36)/t25-/m0/s1. The molecule has 220 valence electrons. The molecule has 42 heavy (non-hydrogen) atoms. The van der Waals surface area contributed by atoms with E-state index >= 15 is 0 Å². The highest BCUT2D eigenvalue weighted by Crippen LogP contribution is 2.55. The highest BCUT2D eigenvalue weighted by atomic mass is 19.4. The second kappa shape index (κ2) is 10.4. The highest BCUT2D eigenvalue weighted by Gasteiger charge is 2.66. The quantitative estimate of drug-likeness (QED) is 0.185. The number of hydrogen-bond donors (Lipinski definition) is 2. The summed E-state index contributed by atoms with van der Waals surface area (Å²) in [6, 6.07) is 7.48. The van der Waals surface area contributed by atoms with Gasteiger partial charge in [-0.2, -0.15) is 22.8 Å². The summed E-state index contributed by atoms with van der Waals surface area (Å²) in [7, 11) is 1.49. The Balaban J connectivity index is 1.63. The number of hydrogen-bond acceptors (Lipinski definition) is 8. The molecule has 0 amide bonds. The van der Waals surface area contributed by atoms with Gasteiger partial charge < -0.3 is 15.4 Å². The van der Waals surface area contributed by atoms with Crippen LogP contribution >= 0.6 is 0 Å². The van der Waals surface area contributed by atoms with E-state index < -0.39 is 23.7 Å². The van der Waals surface area contributed by atoms with Crippen LogP contribution in [0.2, 0.25) is 0 Å². The molecular formula is C29H30F4N8O. The van der Waals surface area contributed by atoms with E-state index in [0.29, 0.717) is 51.4 Å². The van der Waals surface area contributed by atoms with Gasteiger partial charge in [0.05, 0.1) is 30.6 Å². The van der Waals surface area contributed by atoms with Gasteiger partial charge in [0.1, 0.15) is 23.0 Å². The van der Waals surface area contributed by atoms with Crippen molar-refractivity contribution >= 4 is 22.3 Å².